The van der Waals surface area contributed by atoms with E-state index in [1.807, 2.05) is 4.90 Å². The summed E-state index contributed by atoms with van der Waals surface area (Å²) in [6.07, 6.45) is 4.72. The van der Waals surface area contributed by atoms with Crippen molar-refractivity contribution in [2.45, 2.75) is 51.2 Å². The molecule has 2 aliphatic heterocycles. The Morgan fingerprint density at radius 3 is 2.83 bits per heavy atom. The maximum absolute atomic E-state index is 12.7. The van der Waals surface area contributed by atoms with Gasteiger partial charge >= 0.3 is 0 Å². The predicted molar refractivity (Wildman–Crippen MR) is 95.9 cm³/mol. The Kier molecular flexibility index (Phi) is 4.05. The number of amides is 1. The van der Waals surface area contributed by atoms with Gasteiger partial charge in [0.1, 0.15) is 0 Å². The van der Waals surface area contributed by atoms with Gasteiger partial charge in [-0.3, -0.25) is 4.79 Å². The summed E-state index contributed by atoms with van der Waals surface area (Å²) < 4.78 is 6.02. The van der Waals surface area contributed by atoms with Gasteiger partial charge in [0.2, 0.25) is 5.91 Å². The highest BCUT2D eigenvalue weighted by atomic mass is 16.5. The van der Waals surface area contributed by atoms with Crippen LogP contribution < -0.4 is 0 Å². The fraction of sp³-hybridized carbons (Fsp3) is 0.476. The van der Waals surface area contributed by atoms with Crippen LogP contribution >= 0.6 is 0 Å². The number of rotatable bonds is 2. The van der Waals surface area contributed by atoms with E-state index in [4.69, 9.17) is 4.74 Å². The lowest BCUT2D eigenvalue weighted by Crippen LogP contribution is -2.32. The first kappa shape index (κ1) is 15.6. The fourth-order valence-corrected chi connectivity index (χ4v) is 4.24. The molecule has 2 aliphatic rings. The van der Waals surface area contributed by atoms with Gasteiger partial charge in [-0.2, -0.15) is 0 Å². The molecule has 1 amide bonds. The molecule has 1 spiro atoms. The summed E-state index contributed by atoms with van der Waals surface area (Å²) in [5.74, 6) is 0.273. The van der Waals surface area contributed by atoms with E-state index in [2.05, 4.69) is 43.3 Å². The van der Waals surface area contributed by atoms with Gasteiger partial charge in [0, 0.05) is 26.1 Å². The third-order valence-corrected chi connectivity index (χ3v) is 5.79. The van der Waals surface area contributed by atoms with E-state index in [1.54, 1.807) is 0 Å². The number of benzene rings is 2. The number of carbonyl (C=O) groups is 1. The molecule has 0 saturated carbocycles. The Hall–Kier alpha value is -1.87. The highest BCUT2D eigenvalue weighted by Gasteiger charge is 2.38. The highest BCUT2D eigenvalue weighted by Crippen LogP contribution is 2.36. The van der Waals surface area contributed by atoms with Crippen LogP contribution in [0.1, 0.15) is 43.2 Å². The van der Waals surface area contributed by atoms with E-state index < -0.39 is 0 Å². The topological polar surface area (TPSA) is 29.5 Å². The molecule has 1 atom stereocenters. The summed E-state index contributed by atoms with van der Waals surface area (Å²) in [5.41, 5.74) is 2.51. The van der Waals surface area contributed by atoms with Crippen molar-refractivity contribution in [3.63, 3.8) is 0 Å². The molecule has 2 heterocycles. The fourth-order valence-electron chi connectivity index (χ4n) is 4.24. The molecule has 2 fully saturated rings. The third kappa shape index (κ3) is 2.82. The molecule has 0 radical (unpaired) electrons. The normalized spacial score (nSPS) is 24.7. The smallest absolute Gasteiger partial charge is 0.222 e. The average molecular weight is 323 g/mol. The Morgan fingerprint density at radius 2 is 2.00 bits per heavy atom. The van der Waals surface area contributed by atoms with Crippen molar-refractivity contribution in [1.82, 2.24) is 4.90 Å². The van der Waals surface area contributed by atoms with Crippen molar-refractivity contribution >= 4 is 16.7 Å². The average Bonchev–Trinajstić information content (AvgIpc) is 3.01. The van der Waals surface area contributed by atoms with Crippen LogP contribution in [0.3, 0.4) is 0 Å². The lowest BCUT2D eigenvalue weighted by molar-refractivity contribution is -0.131. The number of ether oxygens (including phenoxy) is 1. The molecule has 0 aliphatic carbocycles. The molecule has 0 unspecified atom stereocenters. The van der Waals surface area contributed by atoms with Crippen molar-refractivity contribution in [2.24, 2.45) is 0 Å². The molecule has 126 valence electrons. The van der Waals surface area contributed by atoms with Gasteiger partial charge in [0.05, 0.1) is 5.60 Å². The zero-order valence-electron chi connectivity index (χ0n) is 14.4. The molecular formula is C21H25NO2. The largest absolute Gasteiger partial charge is 0.375 e. The molecule has 3 nitrogen and oxygen atoms in total. The first-order chi connectivity index (χ1) is 11.7. The number of hydrogen-bond acceptors (Lipinski definition) is 2. The number of fused-ring (bicyclic) bond motifs is 1. The van der Waals surface area contributed by atoms with Crippen molar-refractivity contribution in [3.8, 4) is 0 Å². The quantitative estimate of drug-likeness (QED) is 0.828. The number of likely N-dealkylation sites (tertiary alicyclic amines) is 1. The van der Waals surface area contributed by atoms with Gasteiger partial charge in [0.15, 0.2) is 0 Å². The second kappa shape index (κ2) is 6.21. The van der Waals surface area contributed by atoms with Crippen LogP contribution in [0.25, 0.3) is 10.8 Å². The molecule has 2 aromatic carbocycles. The minimum atomic E-state index is -0.0296. The van der Waals surface area contributed by atoms with Crippen LogP contribution in [0.5, 0.6) is 0 Å². The molecule has 24 heavy (non-hydrogen) atoms. The second-order valence-corrected chi connectivity index (χ2v) is 7.28. The molecule has 4 rings (SSSR count). The van der Waals surface area contributed by atoms with E-state index in [1.165, 1.54) is 21.9 Å². The number of hydrogen-bond donors (Lipinski definition) is 0. The van der Waals surface area contributed by atoms with Crippen LogP contribution in [0.2, 0.25) is 0 Å². The minimum absolute atomic E-state index is 0.0296. The van der Waals surface area contributed by atoms with Crippen molar-refractivity contribution in [1.29, 1.82) is 0 Å². The first-order valence-electron chi connectivity index (χ1n) is 9.06. The van der Waals surface area contributed by atoms with E-state index in [-0.39, 0.29) is 11.5 Å². The second-order valence-electron chi connectivity index (χ2n) is 7.28. The highest BCUT2D eigenvalue weighted by molar-refractivity contribution is 5.87. The molecule has 2 aromatic rings. The van der Waals surface area contributed by atoms with Gasteiger partial charge in [-0.1, -0.05) is 36.4 Å². The Labute approximate surface area is 143 Å². The summed E-state index contributed by atoms with van der Waals surface area (Å²) in [5, 5.41) is 2.51. The van der Waals surface area contributed by atoms with E-state index >= 15 is 0 Å². The van der Waals surface area contributed by atoms with Crippen LogP contribution in [-0.2, 0) is 16.1 Å². The third-order valence-electron chi connectivity index (χ3n) is 5.79. The number of carbonyl (C=O) groups excluding carboxylic acids is 1. The van der Waals surface area contributed by atoms with Gasteiger partial charge in [0.25, 0.3) is 0 Å². The number of aryl methyl sites for hydroxylation is 1. The Morgan fingerprint density at radius 1 is 1.12 bits per heavy atom. The lowest BCUT2D eigenvalue weighted by atomic mass is 9.92. The molecule has 3 heteroatoms. The van der Waals surface area contributed by atoms with Crippen LogP contribution in [-0.4, -0.2) is 29.6 Å². The van der Waals surface area contributed by atoms with E-state index in [0.29, 0.717) is 13.0 Å². The first-order valence-corrected chi connectivity index (χ1v) is 9.06. The molecule has 0 aromatic heterocycles. The van der Waals surface area contributed by atoms with Gasteiger partial charge in [-0.15, -0.1) is 0 Å². The lowest BCUT2D eigenvalue weighted by Gasteiger charge is -2.27. The summed E-state index contributed by atoms with van der Waals surface area (Å²) in [6, 6.07) is 12.8. The van der Waals surface area contributed by atoms with Gasteiger partial charge in [-0.05, 0) is 54.5 Å². The van der Waals surface area contributed by atoms with Crippen LogP contribution in [0.4, 0.5) is 0 Å². The Bertz CT molecular complexity index is 762. The van der Waals surface area contributed by atoms with E-state index in [9.17, 15) is 4.79 Å². The summed E-state index contributed by atoms with van der Waals surface area (Å²) in [7, 11) is 0. The van der Waals surface area contributed by atoms with E-state index in [0.717, 1.165) is 38.8 Å². The van der Waals surface area contributed by atoms with Crippen LogP contribution in [0.15, 0.2) is 36.4 Å². The summed E-state index contributed by atoms with van der Waals surface area (Å²) in [6.45, 7) is 4.52. The zero-order valence-corrected chi connectivity index (χ0v) is 14.4. The number of nitrogens with zero attached hydrogens (tertiary/aromatic N) is 1. The summed E-state index contributed by atoms with van der Waals surface area (Å²) in [4.78, 5) is 14.7. The monoisotopic (exact) mass is 323 g/mol. The Balaban J connectivity index is 1.61. The van der Waals surface area contributed by atoms with Crippen LogP contribution in [0, 0.1) is 6.92 Å². The standard InChI is InChI=1S/C21H25NO2/c1-16-7-8-17-5-2-3-6-18(17)19(16)15-22-13-12-21(10-4-14-24-21)11-9-20(22)23/h2-3,5-8H,4,9-15H2,1H3/t21-/m0/s1. The maximum Gasteiger partial charge on any atom is 0.222 e. The predicted octanol–water partition coefficient (Wildman–Crippen LogP) is 4.21. The minimum Gasteiger partial charge on any atom is -0.375 e. The summed E-state index contributed by atoms with van der Waals surface area (Å²) >= 11 is 0. The molecule has 0 N–H and O–H groups in total. The molecular weight excluding hydrogens is 298 g/mol. The van der Waals surface area contributed by atoms with Gasteiger partial charge in [-0.25, -0.2) is 0 Å². The van der Waals surface area contributed by atoms with Crippen molar-refractivity contribution in [2.75, 3.05) is 13.2 Å². The van der Waals surface area contributed by atoms with Crippen molar-refractivity contribution in [3.05, 3.63) is 47.5 Å². The molecule has 0 bridgehead atoms. The zero-order chi connectivity index (χ0) is 16.6. The SMILES string of the molecule is Cc1ccc2ccccc2c1CN1CC[C@]2(CCCO2)CCC1=O. The van der Waals surface area contributed by atoms with Gasteiger partial charge < -0.3 is 9.64 Å². The van der Waals surface area contributed by atoms with Crippen molar-refractivity contribution < 1.29 is 9.53 Å². The molecule has 2 saturated heterocycles. The maximum atomic E-state index is 12.7.